The molecule has 1 amide bonds. The molecule has 0 saturated heterocycles. The van der Waals surface area contributed by atoms with E-state index in [9.17, 15) is 14.7 Å². The molecule has 1 aromatic rings. The molecular formula is C16H23NO4. The fourth-order valence-electron chi connectivity index (χ4n) is 2.04. The van der Waals surface area contributed by atoms with Gasteiger partial charge in [-0.05, 0) is 23.5 Å². The third-order valence-corrected chi connectivity index (χ3v) is 3.23. The molecule has 0 radical (unpaired) electrons. The van der Waals surface area contributed by atoms with Gasteiger partial charge in [0.25, 0.3) is 0 Å². The van der Waals surface area contributed by atoms with Gasteiger partial charge in [0, 0.05) is 6.42 Å². The van der Waals surface area contributed by atoms with Gasteiger partial charge in [-0.25, -0.2) is 4.79 Å². The molecule has 0 aliphatic rings. The third-order valence-electron chi connectivity index (χ3n) is 3.23. The van der Waals surface area contributed by atoms with E-state index in [4.69, 9.17) is 4.74 Å². The van der Waals surface area contributed by atoms with Gasteiger partial charge >= 0.3 is 5.97 Å². The first-order valence-electron chi connectivity index (χ1n) is 6.89. The van der Waals surface area contributed by atoms with Crippen LogP contribution in [0.4, 0.5) is 0 Å². The van der Waals surface area contributed by atoms with Crippen molar-refractivity contribution in [2.45, 2.75) is 39.7 Å². The highest BCUT2D eigenvalue weighted by molar-refractivity contribution is 5.84. The minimum Gasteiger partial charge on any atom is -0.496 e. The molecule has 0 fully saturated rings. The van der Waals surface area contributed by atoms with Crippen LogP contribution in [0.2, 0.25) is 0 Å². The minimum atomic E-state index is -1.02. The summed E-state index contributed by atoms with van der Waals surface area (Å²) in [5.41, 5.74) is 0.393. The first-order chi connectivity index (χ1) is 9.75. The highest BCUT2D eigenvalue weighted by Crippen LogP contribution is 2.21. The number of nitrogens with one attached hydrogen (secondary N) is 1. The Morgan fingerprint density at radius 3 is 2.43 bits per heavy atom. The van der Waals surface area contributed by atoms with E-state index in [0.717, 1.165) is 11.3 Å². The monoisotopic (exact) mass is 293 g/mol. The Balaban J connectivity index is 2.63. The molecule has 0 saturated carbocycles. The summed E-state index contributed by atoms with van der Waals surface area (Å²) in [4.78, 5) is 23.2. The topological polar surface area (TPSA) is 75.6 Å². The maximum atomic E-state index is 12.0. The van der Waals surface area contributed by atoms with E-state index in [-0.39, 0.29) is 12.3 Å². The number of para-hydroxylation sites is 1. The van der Waals surface area contributed by atoms with Crippen LogP contribution in [0.1, 0.15) is 32.8 Å². The fourth-order valence-corrected chi connectivity index (χ4v) is 2.04. The van der Waals surface area contributed by atoms with Gasteiger partial charge in [-0.15, -0.1) is 0 Å². The van der Waals surface area contributed by atoms with E-state index in [2.05, 4.69) is 5.32 Å². The second-order valence-corrected chi connectivity index (χ2v) is 6.02. The number of ether oxygens (including phenoxy) is 1. The predicted molar refractivity (Wildman–Crippen MR) is 80.3 cm³/mol. The Bertz CT molecular complexity index is 505. The average molecular weight is 293 g/mol. The molecule has 1 rings (SSSR count). The summed E-state index contributed by atoms with van der Waals surface area (Å²) in [5, 5.41) is 11.8. The Labute approximate surface area is 125 Å². The highest BCUT2D eigenvalue weighted by Gasteiger charge is 2.32. The highest BCUT2D eigenvalue weighted by atomic mass is 16.5. The summed E-state index contributed by atoms with van der Waals surface area (Å²) in [6, 6.07) is 6.57. The van der Waals surface area contributed by atoms with Crippen molar-refractivity contribution in [1.29, 1.82) is 0 Å². The van der Waals surface area contributed by atoms with Crippen LogP contribution in [0.3, 0.4) is 0 Å². The van der Waals surface area contributed by atoms with Gasteiger partial charge in [-0.2, -0.15) is 0 Å². The number of hydrogen-bond acceptors (Lipinski definition) is 3. The van der Waals surface area contributed by atoms with Crippen LogP contribution < -0.4 is 10.1 Å². The first-order valence-corrected chi connectivity index (χ1v) is 6.89. The van der Waals surface area contributed by atoms with Gasteiger partial charge < -0.3 is 15.2 Å². The van der Waals surface area contributed by atoms with E-state index in [1.165, 1.54) is 0 Å². The molecule has 21 heavy (non-hydrogen) atoms. The number of carbonyl (C=O) groups is 2. The molecule has 0 bridgehead atoms. The van der Waals surface area contributed by atoms with Crippen LogP contribution in [0.15, 0.2) is 24.3 Å². The first kappa shape index (κ1) is 17.0. The lowest BCUT2D eigenvalue weighted by atomic mass is 9.86. The molecule has 0 unspecified atom stereocenters. The summed E-state index contributed by atoms with van der Waals surface area (Å²) < 4.78 is 5.23. The zero-order chi connectivity index (χ0) is 16.0. The Morgan fingerprint density at radius 2 is 1.90 bits per heavy atom. The van der Waals surface area contributed by atoms with Crippen LogP contribution >= 0.6 is 0 Å². The van der Waals surface area contributed by atoms with Gasteiger partial charge in [0.15, 0.2) is 0 Å². The Kier molecular flexibility index (Phi) is 5.76. The number of methoxy groups -OCH3 is 1. The standard InChI is InChI=1S/C16H23NO4/c1-16(2,3)14(15(19)20)17-13(18)10-9-11-7-5-6-8-12(11)21-4/h5-8,14H,9-10H2,1-4H3,(H,17,18)(H,19,20)/t14-/m1/s1. The minimum absolute atomic E-state index is 0.222. The van der Waals surface area contributed by atoms with Crippen molar-refractivity contribution >= 4 is 11.9 Å². The number of carbonyl (C=O) groups excluding carboxylic acids is 1. The van der Waals surface area contributed by atoms with E-state index in [0.29, 0.717) is 6.42 Å². The number of benzene rings is 1. The summed E-state index contributed by atoms with van der Waals surface area (Å²) >= 11 is 0. The SMILES string of the molecule is COc1ccccc1CCC(=O)N[C@H](C(=O)O)C(C)(C)C. The van der Waals surface area contributed by atoms with Gasteiger partial charge in [-0.1, -0.05) is 39.0 Å². The molecule has 5 heteroatoms. The van der Waals surface area contributed by atoms with Gasteiger partial charge in [-0.3, -0.25) is 4.79 Å². The van der Waals surface area contributed by atoms with E-state index in [1.807, 2.05) is 24.3 Å². The van der Waals surface area contributed by atoms with Crippen LogP contribution in [-0.4, -0.2) is 30.1 Å². The molecule has 1 aromatic carbocycles. The maximum Gasteiger partial charge on any atom is 0.326 e. The molecule has 0 heterocycles. The van der Waals surface area contributed by atoms with Gasteiger partial charge in [0.2, 0.25) is 5.91 Å². The van der Waals surface area contributed by atoms with E-state index >= 15 is 0 Å². The number of aliphatic carboxylic acids is 1. The molecular weight excluding hydrogens is 270 g/mol. The fraction of sp³-hybridized carbons (Fsp3) is 0.500. The number of carboxylic acid groups (broad SMARTS) is 1. The summed E-state index contributed by atoms with van der Waals surface area (Å²) in [6.45, 7) is 5.35. The second-order valence-electron chi connectivity index (χ2n) is 6.02. The van der Waals surface area contributed by atoms with Crippen molar-refractivity contribution in [3.63, 3.8) is 0 Å². The van der Waals surface area contributed by atoms with Crippen LogP contribution in [-0.2, 0) is 16.0 Å². The maximum absolute atomic E-state index is 12.0. The van der Waals surface area contributed by atoms with Crippen molar-refractivity contribution in [2.24, 2.45) is 5.41 Å². The largest absolute Gasteiger partial charge is 0.496 e. The number of rotatable bonds is 6. The lowest BCUT2D eigenvalue weighted by Gasteiger charge is -2.27. The van der Waals surface area contributed by atoms with E-state index in [1.54, 1.807) is 27.9 Å². The zero-order valence-electron chi connectivity index (χ0n) is 13.0. The molecule has 0 aromatic heterocycles. The zero-order valence-corrected chi connectivity index (χ0v) is 13.0. The Hall–Kier alpha value is -2.04. The molecule has 2 N–H and O–H groups in total. The summed E-state index contributed by atoms with van der Waals surface area (Å²) in [6.07, 6.45) is 0.729. The number of aryl methyl sites for hydroxylation is 1. The summed E-state index contributed by atoms with van der Waals surface area (Å²) in [5.74, 6) is -0.563. The predicted octanol–water partition coefficient (Wildman–Crippen LogP) is 2.24. The van der Waals surface area contributed by atoms with Gasteiger partial charge in [0.1, 0.15) is 11.8 Å². The van der Waals surface area contributed by atoms with Crippen molar-refractivity contribution < 1.29 is 19.4 Å². The quantitative estimate of drug-likeness (QED) is 0.843. The van der Waals surface area contributed by atoms with Crippen LogP contribution in [0.25, 0.3) is 0 Å². The van der Waals surface area contributed by atoms with E-state index < -0.39 is 17.4 Å². The summed E-state index contributed by atoms with van der Waals surface area (Å²) in [7, 11) is 1.58. The van der Waals surface area contributed by atoms with Gasteiger partial charge in [0.05, 0.1) is 7.11 Å². The smallest absolute Gasteiger partial charge is 0.326 e. The lowest BCUT2D eigenvalue weighted by Crippen LogP contribution is -2.49. The second kappa shape index (κ2) is 7.11. The normalized spacial score (nSPS) is 12.6. The molecule has 1 atom stereocenters. The van der Waals surface area contributed by atoms with Crippen molar-refractivity contribution in [2.75, 3.05) is 7.11 Å². The lowest BCUT2D eigenvalue weighted by molar-refractivity contribution is -0.144. The Morgan fingerprint density at radius 1 is 1.29 bits per heavy atom. The van der Waals surface area contributed by atoms with Crippen molar-refractivity contribution in [1.82, 2.24) is 5.32 Å². The van der Waals surface area contributed by atoms with Crippen molar-refractivity contribution in [3.05, 3.63) is 29.8 Å². The molecule has 5 nitrogen and oxygen atoms in total. The molecule has 0 aliphatic carbocycles. The van der Waals surface area contributed by atoms with Crippen LogP contribution in [0.5, 0.6) is 5.75 Å². The van der Waals surface area contributed by atoms with Crippen LogP contribution in [0, 0.1) is 5.41 Å². The van der Waals surface area contributed by atoms with Crippen molar-refractivity contribution in [3.8, 4) is 5.75 Å². The molecule has 0 spiro atoms. The average Bonchev–Trinajstić information content (AvgIpc) is 2.41. The molecule has 116 valence electrons. The number of hydrogen-bond donors (Lipinski definition) is 2. The molecule has 0 aliphatic heterocycles. The third kappa shape index (κ3) is 5.10. The number of amides is 1. The number of carboxylic acids is 1.